The minimum absolute atomic E-state index is 0.107. The zero-order valence-corrected chi connectivity index (χ0v) is 14.3. The van der Waals surface area contributed by atoms with Crippen LogP contribution in [-0.4, -0.2) is 17.4 Å². The number of nitrogens with zero attached hydrogens (tertiary/aromatic N) is 1. The Hall–Kier alpha value is -3.21. The third-order valence-corrected chi connectivity index (χ3v) is 3.92. The molecular weight excluding hydrogens is 329 g/mol. The largest absolute Gasteiger partial charge is 0.383 e. The summed E-state index contributed by atoms with van der Waals surface area (Å²) >= 11 is 0. The fraction of sp³-hybridized carbons (Fsp3) is 0.143. The van der Waals surface area contributed by atoms with Crippen molar-refractivity contribution in [2.75, 3.05) is 17.2 Å². The van der Waals surface area contributed by atoms with Crippen LogP contribution >= 0.6 is 0 Å². The lowest BCUT2D eigenvalue weighted by Gasteiger charge is -2.08. The van der Waals surface area contributed by atoms with Crippen molar-refractivity contribution < 1.29 is 9.18 Å². The van der Waals surface area contributed by atoms with E-state index in [1.165, 1.54) is 6.07 Å². The molecule has 1 heterocycles. The van der Waals surface area contributed by atoms with E-state index in [1.54, 1.807) is 24.4 Å². The zero-order chi connectivity index (χ0) is 18.2. The number of hydrogen-bond acceptors (Lipinski definition) is 3. The Bertz CT molecular complexity index is 851. The van der Waals surface area contributed by atoms with Gasteiger partial charge >= 0.3 is 0 Å². The highest BCUT2D eigenvalue weighted by molar-refractivity contribution is 5.91. The van der Waals surface area contributed by atoms with Gasteiger partial charge < -0.3 is 10.6 Å². The van der Waals surface area contributed by atoms with E-state index in [2.05, 4.69) is 15.6 Å². The fourth-order valence-corrected chi connectivity index (χ4v) is 2.58. The van der Waals surface area contributed by atoms with Gasteiger partial charge in [0.15, 0.2) is 0 Å². The number of rotatable bonds is 7. The summed E-state index contributed by atoms with van der Waals surface area (Å²) in [4.78, 5) is 16.3. The Morgan fingerprint density at radius 2 is 1.73 bits per heavy atom. The Kier molecular flexibility index (Phi) is 5.93. The molecule has 0 aliphatic heterocycles. The molecule has 1 aromatic heterocycles. The van der Waals surface area contributed by atoms with Crippen molar-refractivity contribution in [1.82, 2.24) is 4.98 Å². The third kappa shape index (κ3) is 5.14. The van der Waals surface area contributed by atoms with Crippen LogP contribution in [0.3, 0.4) is 0 Å². The number of benzene rings is 2. The van der Waals surface area contributed by atoms with E-state index in [9.17, 15) is 9.18 Å². The number of pyridine rings is 1. The van der Waals surface area contributed by atoms with Crippen LogP contribution < -0.4 is 10.6 Å². The number of anilines is 2. The van der Waals surface area contributed by atoms with Crippen molar-refractivity contribution in [3.63, 3.8) is 0 Å². The molecule has 0 atom stereocenters. The highest BCUT2D eigenvalue weighted by Gasteiger charge is 2.05. The van der Waals surface area contributed by atoms with Crippen molar-refractivity contribution in [2.24, 2.45) is 0 Å². The van der Waals surface area contributed by atoms with Gasteiger partial charge in [0.25, 0.3) is 0 Å². The smallest absolute Gasteiger partial charge is 0.229 e. The average Bonchev–Trinajstić information content (AvgIpc) is 2.65. The van der Waals surface area contributed by atoms with Crippen LogP contribution in [-0.2, 0) is 17.6 Å². The van der Waals surface area contributed by atoms with Gasteiger partial charge in [-0.3, -0.25) is 4.79 Å². The van der Waals surface area contributed by atoms with E-state index in [0.717, 1.165) is 11.3 Å². The maximum Gasteiger partial charge on any atom is 0.229 e. The van der Waals surface area contributed by atoms with Gasteiger partial charge in [0.05, 0.1) is 18.3 Å². The molecule has 2 aromatic carbocycles. The minimum Gasteiger partial charge on any atom is -0.383 e. The van der Waals surface area contributed by atoms with E-state index in [-0.39, 0.29) is 11.7 Å². The maximum atomic E-state index is 13.6. The second-order valence-corrected chi connectivity index (χ2v) is 5.91. The Labute approximate surface area is 152 Å². The molecule has 2 N–H and O–H groups in total. The van der Waals surface area contributed by atoms with Crippen molar-refractivity contribution >= 4 is 17.4 Å². The second-order valence-electron chi connectivity index (χ2n) is 5.91. The summed E-state index contributed by atoms with van der Waals surface area (Å²) in [5.41, 5.74) is 2.46. The molecule has 0 spiro atoms. The lowest BCUT2D eigenvalue weighted by atomic mass is 10.1. The van der Waals surface area contributed by atoms with Crippen LogP contribution in [0.2, 0.25) is 0 Å². The van der Waals surface area contributed by atoms with Gasteiger partial charge in [-0.15, -0.1) is 0 Å². The van der Waals surface area contributed by atoms with Gasteiger partial charge in [-0.2, -0.15) is 0 Å². The van der Waals surface area contributed by atoms with Crippen molar-refractivity contribution in [2.45, 2.75) is 12.8 Å². The molecule has 3 aromatic rings. The number of aromatic nitrogens is 1. The van der Waals surface area contributed by atoms with Gasteiger partial charge in [0.1, 0.15) is 11.6 Å². The molecule has 0 saturated carbocycles. The predicted molar refractivity (Wildman–Crippen MR) is 102 cm³/mol. The highest BCUT2D eigenvalue weighted by Crippen LogP contribution is 2.12. The lowest BCUT2D eigenvalue weighted by Crippen LogP contribution is -2.15. The molecule has 0 bridgehead atoms. The van der Waals surface area contributed by atoms with Crippen molar-refractivity contribution in [1.29, 1.82) is 0 Å². The molecule has 1 amide bonds. The summed E-state index contributed by atoms with van der Waals surface area (Å²) < 4.78 is 13.6. The van der Waals surface area contributed by atoms with Gasteiger partial charge in [0, 0.05) is 6.54 Å². The van der Waals surface area contributed by atoms with Crippen LogP contribution in [0.15, 0.2) is 72.9 Å². The average molecular weight is 349 g/mol. The van der Waals surface area contributed by atoms with Crippen LogP contribution in [0.1, 0.15) is 11.1 Å². The first-order chi connectivity index (χ1) is 12.7. The summed E-state index contributed by atoms with van der Waals surface area (Å²) in [5, 5.41) is 5.98. The van der Waals surface area contributed by atoms with Crippen LogP contribution in [0.4, 0.5) is 15.9 Å². The Morgan fingerprint density at radius 1 is 0.962 bits per heavy atom. The molecule has 0 aliphatic carbocycles. The number of hydrogen-bond donors (Lipinski definition) is 2. The number of carbonyl (C=O) groups is 1. The molecule has 4 nitrogen and oxygen atoms in total. The second kappa shape index (κ2) is 8.76. The SMILES string of the molecule is O=C(Cc1ccccc1)Nc1ccc(NCCc2ccccc2F)cn1. The van der Waals surface area contributed by atoms with E-state index < -0.39 is 0 Å². The van der Waals surface area contributed by atoms with Crippen molar-refractivity contribution in [3.8, 4) is 0 Å². The number of amides is 1. The number of nitrogens with one attached hydrogen (secondary N) is 2. The topological polar surface area (TPSA) is 54.0 Å². The van der Waals surface area contributed by atoms with Gasteiger partial charge in [-0.1, -0.05) is 48.5 Å². The number of halogens is 1. The van der Waals surface area contributed by atoms with Crippen LogP contribution in [0.25, 0.3) is 0 Å². The lowest BCUT2D eigenvalue weighted by molar-refractivity contribution is -0.115. The number of carbonyl (C=O) groups excluding carboxylic acids is 1. The highest BCUT2D eigenvalue weighted by atomic mass is 19.1. The normalized spacial score (nSPS) is 10.3. The zero-order valence-electron chi connectivity index (χ0n) is 14.3. The molecule has 0 radical (unpaired) electrons. The van der Waals surface area contributed by atoms with Gasteiger partial charge in [-0.05, 0) is 35.7 Å². The van der Waals surface area contributed by atoms with Crippen LogP contribution in [0, 0.1) is 5.82 Å². The molecule has 0 unspecified atom stereocenters. The summed E-state index contributed by atoms with van der Waals surface area (Å²) in [6.45, 7) is 0.600. The third-order valence-electron chi connectivity index (χ3n) is 3.92. The molecule has 5 heteroatoms. The first-order valence-electron chi connectivity index (χ1n) is 8.48. The van der Waals surface area contributed by atoms with Crippen LogP contribution in [0.5, 0.6) is 0 Å². The van der Waals surface area contributed by atoms with Gasteiger partial charge in [0.2, 0.25) is 5.91 Å². The first kappa shape index (κ1) is 17.6. The fourth-order valence-electron chi connectivity index (χ4n) is 2.58. The summed E-state index contributed by atoms with van der Waals surface area (Å²) in [6, 6.07) is 19.9. The van der Waals surface area contributed by atoms with E-state index in [0.29, 0.717) is 30.8 Å². The molecular formula is C21H20FN3O. The molecule has 0 fully saturated rings. The summed E-state index contributed by atoms with van der Waals surface area (Å²) in [6.07, 6.45) is 2.55. The van der Waals surface area contributed by atoms with Gasteiger partial charge in [-0.25, -0.2) is 9.37 Å². The molecule has 3 rings (SSSR count). The molecule has 0 saturated heterocycles. The quantitative estimate of drug-likeness (QED) is 0.676. The van der Waals surface area contributed by atoms with Crippen molar-refractivity contribution in [3.05, 3.63) is 89.9 Å². The Balaban J connectivity index is 1.47. The first-order valence-corrected chi connectivity index (χ1v) is 8.48. The van der Waals surface area contributed by atoms with E-state index >= 15 is 0 Å². The molecule has 0 aliphatic rings. The molecule has 132 valence electrons. The Morgan fingerprint density at radius 3 is 2.46 bits per heavy atom. The van der Waals surface area contributed by atoms with E-state index in [4.69, 9.17) is 0 Å². The minimum atomic E-state index is -0.191. The predicted octanol–water partition coefficient (Wildman–Crippen LogP) is 4.06. The van der Waals surface area contributed by atoms with E-state index in [1.807, 2.05) is 42.5 Å². The molecule has 26 heavy (non-hydrogen) atoms. The summed E-state index contributed by atoms with van der Waals surface area (Å²) in [7, 11) is 0. The standard InChI is InChI=1S/C21H20FN3O/c22-19-9-5-4-8-17(19)12-13-23-18-10-11-20(24-15-18)25-21(26)14-16-6-2-1-3-7-16/h1-11,15,23H,12-14H2,(H,24,25,26). The monoisotopic (exact) mass is 349 g/mol. The summed E-state index contributed by atoms with van der Waals surface area (Å²) in [5.74, 6) is 0.207. The maximum absolute atomic E-state index is 13.6.